The molecule has 0 bridgehead atoms. The van der Waals surface area contributed by atoms with Gasteiger partial charge < -0.3 is 27.9 Å². The summed E-state index contributed by atoms with van der Waals surface area (Å²) in [7, 11) is 1.14. The van der Waals surface area contributed by atoms with Crippen LogP contribution in [-0.2, 0) is 32.7 Å². The lowest BCUT2D eigenvalue weighted by Gasteiger charge is -2.28. The van der Waals surface area contributed by atoms with Gasteiger partial charge in [0.05, 0.1) is 27.7 Å². The number of carbonyl (C=O) groups excluding carboxylic acids is 2. The molecule has 2 unspecified atom stereocenters. The summed E-state index contributed by atoms with van der Waals surface area (Å²) in [6, 6.07) is 0. The summed E-state index contributed by atoms with van der Waals surface area (Å²) in [5.74, 6) is -0.864. The third-order valence-electron chi connectivity index (χ3n) is 13.7. The molecule has 0 aliphatic rings. The Morgan fingerprint density at radius 1 is 0.378 bits per heavy atom. The highest BCUT2D eigenvalue weighted by molar-refractivity contribution is 7.45. The number of quaternary nitrogens is 1. The highest BCUT2D eigenvalue weighted by atomic mass is 31.2. The average Bonchev–Trinajstić information content (AvgIpc) is 3.46. The van der Waals surface area contributed by atoms with Crippen LogP contribution in [0.5, 0.6) is 0 Å². The third-order valence-corrected chi connectivity index (χ3v) is 14.6. The number of nitrogens with zero attached hydrogens (tertiary/aromatic N) is 1. The van der Waals surface area contributed by atoms with Crippen LogP contribution in [0.15, 0.2) is 134 Å². The van der Waals surface area contributed by atoms with Crippen LogP contribution in [0.3, 0.4) is 0 Å². The van der Waals surface area contributed by atoms with Crippen LogP contribution in [0.1, 0.15) is 258 Å². The summed E-state index contributed by atoms with van der Waals surface area (Å²) in [4.78, 5) is 38.0. The van der Waals surface area contributed by atoms with Gasteiger partial charge in [0.15, 0.2) is 6.10 Å². The first-order chi connectivity index (χ1) is 40.0. The fourth-order valence-corrected chi connectivity index (χ4v) is 9.42. The Bertz CT molecular complexity index is 1850. The summed E-state index contributed by atoms with van der Waals surface area (Å²) in [5, 5.41) is 0. The van der Waals surface area contributed by atoms with Crippen LogP contribution in [0.2, 0.25) is 0 Å². The van der Waals surface area contributed by atoms with Gasteiger partial charge in [-0.3, -0.25) is 14.2 Å². The molecule has 0 aliphatic heterocycles. The molecule has 0 saturated carbocycles. The van der Waals surface area contributed by atoms with Gasteiger partial charge in [0.2, 0.25) is 0 Å². The number of hydrogen-bond donors (Lipinski definition) is 0. The highest BCUT2D eigenvalue weighted by Gasteiger charge is 2.22. The molecule has 0 radical (unpaired) electrons. The van der Waals surface area contributed by atoms with E-state index in [1.807, 2.05) is 21.1 Å². The Kier molecular flexibility index (Phi) is 58.8. The number of ether oxygens (including phenoxy) is 2. The summed E-state index contributed by atoms with van der Waals surface area (Å²) in [5.41, 5.74) is 0. The van der Waals surface area contributed by atoms with Gasteiger partial charge in [0.1, 0.15) is 19.8 Å². The molecule has 0 heterocycles. The van der Waals surface area contributed by atoms with Gasteiger partial charge in [-0.2, -0.15) is 0 Å². The number of carbonyl (C=O) groups is 2. The Balaban J connectivity index is 4.09. The Morgan fingerprint density at radius 3 is 0.976 bits per heavy atom. The lowest BCUT2D eigenvalue weighted by atomic mass is 10.0. The van der Waals surface area contributed by atoms with Crippen molar-refractivity contribution in [1.82, 2.24) is 0 Å². The van der Waals surface area contributed by atoms with Crippen LogP contribution in [0, 0.1) is 0 Å². The van der Waals surface area contributed by atoms with Crippen molar-refractivity contribution in [3.05, 3.63) is 134 Å². The van der Waals surface area contributed by atoms with Gasteiger partial charge in [0, 0.05) is 12.8 Å². The molecule has 468 valence electrons. The molecule has 0 aliphatic carbocycles. The van der Waals surface area contributed by atoms with Crippen molar-refractivity contribution < 1.29 is 42.1 Å². The molecule has 0 aromatic heterocycles. The van der Waals surface area contributed by atoms with Gasteiger partial charge in [0.25, 0.3) is 7.82 Å². The van der Waals surface area contributed by atoms with Crippen molar-refractivity contribution in [2.45, 2.75) is 264 Å². The van der Waals surface area contributed by atoms with E-state index in [0.29, 0.717) is 17.4 Å². The second-order valence-corrected chi connectivity index (χ2v) is 24.1. The van der Waals surface area contributed by atoms with Crippen molar-refractivity contribution >= 4 is 19.8 Å². The molecule has 0 N–H and O–H groups in total. The van der Waals surface area contributed by atoms with E-state index in [9.17, 15) is 19.0 Å². The van der Waals surface area contributed by atoms with Crippen molar-refractivity contribution in [2.24, 2.45) is 0 Å². The second-order valence-electron chi connectivity index (χ2n) is 22.7. The fourth-order valence-electron chi connectivity index (χ4n) is 8.69. The number of esters is 2. The molecular formula is C72H122NO8P. The first-order valence-corrected chi connectivity index (χ1v) is 34.4. The van der Waals surface area contributed by atoms with E-state index in [-0.39, 0.29) is 26.1 Å². The minimum absolute atomic E-state index is 0.0418. The average molecular weight is 1160 g/mol. The molecule has 0 amide bonds. The molecular weight excluding hydrogens is 1040 g/mol. The third kappa shape index (κ3) is 65.3. The van der Waals surface area contributed by atoms with E-state index in [1.54, 1.807) is 0 Å². The van der Waals surface area contributed by atoms with Crippen molar-refractivity contribution in [2.75, 3.05) is 47.5 Å². The zero-order valence-corrected chi connectivity index (χ0v) is 54.0. The van der Waals surface area contributed by atoms with Crippen LogP contribution < -0.4 is 4.89 Å². The van der Waals surface area contributed by atoms with E-state index in [0.717, 1.165) is 116 Å². The van der Waals surface area contributed by atoms with Crippen molar-refractivity contribution in [3.63, 3.8) is 0 Å². The standard InChI is InChI=1S/C72H122NO8P/c1-6-8-10-12-14-16-18-20-22-24-26-28-30-31-32-33-34-35-36-37-38-39-40-41-43-44-46-48-50-52-54-56-58-60-62-64-71(74)78-68-70(69-80-82(76,77)79-67-66-73(3,4)5)81-72(75)65-63-61-59-57-55-53-51-49-47-45-42-29-27-25-23-21-19-17-15-13-11-9-7-2/h8-11,14-17,20-23,26-29,31-32,45,47,51,53,70H,6-7,12-13,18-19,24-25,30,33-44,46,48-50,52,54-69H2,1-5H3/b10-8-,11-9-,16-14-,17-15-,22-20-,23-21-,28-26-,29-27-,32-31-,47-45-,53-51-. The number of unbranched alkanes of at least 4 members (excludes halogenated alkanes) is 23. The monoisotopic (exact) mass is 1160 g/mol. The maximum Gasteiger partial charge on any atom is 0.306 e. The lowest BCUT2D eigenvalue weighted by Crippen LogP contribution is -2.37. The molecule has 0 fully saturated rings. The van der Waals surface area contributed by atoms with Gasteiger partial charge >= 0.3 is 11.9 Å². The van der Waals surface area contributed by atoms with E-state index in [1.165, 1.54) is 109 Å². The van der Waals surface area contributed by atoms with Crippen molar-refractivity contribution in [3.8, 4) is 0 Å². The molecule has 9 nitrogen and oxygen atoms in total. The van der Waals surface area contributed by atoms with Crippen LogP contribution >= 0.6 is 7.82 Å². The largest absolute Gasteiger partial charge is 0.756 e. The number of allylic oxidation sites excluding steroid dienone is 22. The molecule has 0 aromatic rings. The van der Waals surface area contributed by atoms with Crippen LogP contribution in [0.25, 0.3) is 0 Å². The van der Waals surface area contributed by atoms with E-state index in [4.69, 9.17) is 18.5 Å². The highest BCUT2D eigenvalue weighted by Crippen LogP contribution is 2.38. The first kappa shape index (κ1) is 78.1. The predicted octanol–water partition coefficient (Wildman–Crippen LogP) is 20.6. The van der Waals surface area contributed by atoms with E-state index >= 15 is 0 Å². The molecule has 0 rings (SSSR count). The van der Waals surface area contributed by atoms with Crippen LogP contribution in [-0.4, -0.2) is 70.0 Å². The maximum absolute atomic E-state index is 12.8. The lowest BCUT2D eigenvalue weighted by molar-refractivity contribution is -0.870. The Morgan fingerprint density at radius 2 is 0.659 bits per heavy atom. The molecule has 10 heteroatoms. The number of likely N-dealkylation sites (N-methyl/N-ethyl adjacent to an activating group) is 1. The zero-order chi connectivity index (χ0) is 59.8. The Labute approximate surface area is 504 Å². The summed E-state index contributed by atoms with van der Waals surface area (Å²) in [6.07, 6.45) is 89.5. The normalized spacial score (nSPS) is 14.1. The topological polar surface area (TPSA) is 111 Å². The molecule has 0 spiro atoms. The van der Waals surface area contributed by atoms with Gasteiger partial charge in [-0.15, -0.1) is 0 Å². The van der Waals surface area contributed by atoms with Gasteiger partial charge in [-0.05, 0) is 109 Å². The number of phosphoric acid groups is 1. The minimum atomic E-state index is -4.65. The predicted molar refractivity (Wildman–Crippen MR) is 351 cm³/mol. The molecule has 2 atom stereocenters. The molecule has 82 heavy (non-hydrogen) atoms. The smallest absolute Gasteiger partial charge is 0.306 e. The van der Waals surface area contributed by atoms with Gasteiger partial charge in [-0.25, -0.2) is 0 Å². The first-order valence-electron chi connectivity index (χ1n) is 32.9. The number of hydrogen-bond acceptors (Lipinski definition) is 8. The molecule has 0 saturated heterocycles. The van der Waals surface area contributed by atoms with E-state index in [2.05, 4.69) is 148 Å². The van der Waals surface area contributed by atoms with Crippen LogP contribution in [0.4, 0.5) is 0 Å². The Hall–Kier alpha value is -3.85. The maximum atomic E-state index is 12.8. The van der Waals surface area contributed by atoms with Crippen molar-refractivity contribution in [1.29, 1.82) is 0 Å². The number of phosphoric ester groups is 1. The minimum Gasteiger partial charge on any atom is -0.756 e. The second kappa shape index (κ2) is 61.7. The SMILES string of the molecule is CC/C=C\C/C=C\C/C=C\C/C=C\C/C=C\C/C=C\CCCCCCC(=O)OC(COC(=O)CCCCCCCCCCCCCCCCCCCCC/C=C\C/C=C\C/C=C\C/C=C\C/C=C\CC)COP(=O)([O-])OCC[N+](C)(C)C. The van der Waals surface area contributed by atoms with E-state index < -0.39 is 32.5 Å². The fraction of sp³-hybridized carbons (Fsp3) is 0.667. The quantitative estimate of drug-likeness (QED) is 0.0195. The summed E-state index contributed by atoms with van der Waals surface area (Å²) >= 11 is 0. The summed E-state index contributed by atoms with van der Waals surface area (Å²) < 4.78 is 34.2. The number of rotatable bonds is 59. The summed E-state index contributed by atoms with van der Waals surface area (Å²) in [6.45, 7) is 3.98. The molecule has 0 aromatic carbocycles. The van der Waals surface area contributed by atoms with Gasteiger partial charge in [-0.1, -0.05) is 270 Å². The zero-order valence-electron chi connectivity index (χ0n) is 53.1.